The minimum Gasteiger partial charge on any atom is -0.347 e. The Balaban J connectivity index is 1.69. The zero-order chi connectivity index (χ0) is 17.6. The van der Waals surface area contributed by atoms with Gasteiger partial charge in [0.05, 0.1) is 0 Å². The maximum atomic E-state index is 12.3. The molecule has 2 N–H and O–H groups in total. The number of hydrogen-bond acceptors (Lipinski definition) is 5. The number of carbonyl (C=O) groups excluding carboxylic acids is 1. The molecule has 0 fully saturated rings. The van der Waals surface area contributed by atoms with Gasteiger partial charge in [-0.15, -0.1) is 0 Å². The molecule has 0 saturated carbocycles. The van der Waals surface area contributed by atoms with Gasteiger partial charge in [-0.1, -0.05) is 23.8 Å². The van der Waals surface area contributed by atoms with E-state index in [9.17, 15) is 4.79 Å². The molecule has 2 heterocycles. The summed E-state index contributed by atoms with van der Waals surface area (Å²) < 4.78 is 0. The van der Waals surface area contributed by atoms with Crippen LogP contribution in [-0.2, 0) is 6.54 Å². The minimum atomic E-state index is -0.255. The lowest BCUT2D eigenvalue weighted by molar-refractivity contribution is 0.0946. The number of nitrogens with zero attached hydrogens (tertiary/aromatic N) is 3. The Hall–Kier alpha value is -3.28. The zero-order valence-electron chi connectivity index (χ0n) is 14.2. The standard InChI is InChI=1S/C19H19N5O/c1-13-5-6-16(14(2)10-13)23-19-21-9-7-17(24-19)18(25)22-12-15-4-3-8-20-11-15/h3-11H,12H2,1-2H3,(H,22,25)(H,21,23,24). The third kappa shape index (κ3) is 4.38. The fourth-order valence-electron chi connectivity index (χ4n) is 2.40. The summed E-state index contributed by atoms with van der Waals surface area (Å²) in [5.74, 6) is 0.135. The second-order valence-corrected chi connectivity index (χ2v) is 5.75. The van der Waals surface area contributed by atoms with E-state index in [4.69, 9.17) is 0 Å². The second-order valence-electron chi connectivity index (χ2n) is 5.75. The molecule has 6 nitrogen and oxygen atoms in total. The topological polar surface area (TPSA) is 79.8 Å². The van der Waals surface area contributed by atoms with Crippen molar-refractivity contribution in [3.05, 3.63) is 77.4 Å². The van der Waals surface area contributed by atoms with Crippen molar-refractivity contribution in [3.8, 4) is 0 Å². The Kier molecular flexibility index (Phi) is 4.99. The fourth-order valence-corrected chi connectivity index (χ4v) is 2.40. The van der Waals surface area contributed by atoms with Crippen LogP contribution in [0, 0.1) is 13.8 Å². The Morgan fingerprint density at radius 1 is 1.12 bits per heavy atom. The number of amides is 1. The first-order valence-corrected chi connectivity index (χ1v) is 7.96. The summed E-state index contributed by atoms with van der Waals surface area (Å²) in [6, 6.07) is 11.4. The van der Waals surface area contributed by atoms with Crippen molar-refractivity contribution in [2.45, 2.75) is 20.4 Å². The van der Waals surface area contributed by atoms with E-state index in [0.29, 0.717) is 18.2 Å². The third-order valence-electron chi connectivity index (χ3n) is 3.69. The molecule has 0 aliphatic carbocycles. The monoisotopic (exact) mass is 333 g/mol. The molecule has 2 aromatic heterocycles. The van der Waals surface area contributed by atoms with Gasteiger partial charge in [-0.05, 0) is 43.2 Å². The van der Waals surface area contributed by atoms with Crippen molar-refractivity contribution in [2.75, 3.05) is 5.32 Å². The highest BCUT2D eigenvalue weighted by molar-refractivity contribution is 5.92. The zero-order valence-corrected chi connectivity index (χ0v) is 14.2. The summed E-state index contributed by atoms with van der Waals surface area (Å²) in [6.07, 6.45) is 4.98. The predicted molar refractivity (Wildman–Crippen MR) is 96.6 cm³/mol. The van der Waals surface area contributed by atoms with E-state index < -0.39 is 0 Å². The molecule has 0 radical (unpaired) electrons. The van der Waals surface area contributed by atoms with Gasteiger partial charge >= 0.3 is 0 Å². The lowest BCUT2D eigenvalue weighted by Crippen LogP contribution is -2.24. The van der Waals surface area contributed by atoms with E-state index in [2.05, 4.69) is 31.7 Å². The lowest BCUT2D eigenvalue weighted by Gasteiger charge is -2.10. The molecule has 0 unspecified atom stereocenters. The largest absolute Gasteiger partial charge is 0.347 e. The first-order chi connectivity index (χ1) is 12.1. The summed E-state index contributed by atoms with van der Waals surface area (Å²) >= 11 is 0. The van der Waals surface area contributed by atoms with Crippen LogP contribution in [0.15, 0.2) is 55.0 Å². The van der Waals surface area contributed by atoms with Crippen LogP contribution in [0.3, 0.4) is 0 Å². The predicted octanol–water partition coefficient (Wildman–Crippen LogP) is 3.16. The average molecular weight is 333 g/mol. The highest BCUT2D eigenvalue weighted by Gasteiger charge is 2.09. The summed E-state index contributed by atoms with van der Waals surface area (Å²) in [4.78, 5) is 24.8. The molecule has 0 atom stereocenters. The van der Waals surface area contributed by atoms with Crippen molar-refractivity contribution in [3.63, 3.8) is 0 Å². The Morgan fingerprint density at radius 3 is 2.76 bits per heavy atom. The molecule has 0 saturated heterocycles. The van der Waals surface area contributed by atoms with Crippen molar-refractivity contribution < 1.29 is 4.79 Å². The van der Waals surface area contributed by atoms with E-state index in [-0.39, 0.29) is 5.91 Å². The first-order valence-electron chi connectivity index (χ1n) is 7.96. The molecule has 6 heteroatoms. The smallest absolute Gasteiger partial charge is 0.270 e. The van der Waals surface area contributed by atoms with Crippen molar-refractivity contribution >= 4 is 17.5 Å². The molecule has 3 aromatic rings. The van der Waals surface area contributed by atoms with Gasteiger partial charge in [0, 0.05) is 30.8 Å². The van der Waals surface area contributed by atoms with Gasteiger partial charge in [-0.25, -0.2) is 9.97 Å². The fraction of sp³-hybridized carbons (Fsp3) is 0.158. The van der Waals surface area contributed by atoms with Gasteiger partial charge in [0.1, 0.15) is 5.69 Å². The number of carbonyl (C=O) groups is 1. The minimum absolute atomic E-state index is 0.255. The van der Waals surface area contributed by atoms with Gasteiger partial charge in [-0.3, -0.25) is 9.78 Å². The summed E-state index contributed by atoms with van der Waals surface area (Å²) in [7, 11) is 0. The second kappa shape index (κ2) is 7.53. The maximum absolute atomic E-state index is 12.3. The Bertz CT molecular complexity index is 880. The molecule has 1 amide bonds. The molecule has 126 valence electrons. The summed E-state index contributed by atoms with van der Waals surface area (Å²) in [5, 5.41) is 5.98. The van der Waals surface area contributed by atoms with Crippen molar-refractivity contribution in [1.82, 2.24) is 20.3 Å². The molecule has 0 bridgehead atoms. The van der Waals surface area contributed by atoms with Gasteiger partial charge in [-0.2, -0.15) is 0 Å². The summed E-state index contributed by atoms with van der Waals surface area (Å²) in [5.41, 5.74) is 4.44. The summed E-state index contributed by atoms with van der Waals surface area (Å²) in [6.45, 7) is 4.46. The van der Waals surface area contributed by atoms with Crippen LogP contribution < -0.4 is 10.6 Å². The number of aryl methyl sites for hydroxylation is 2. The SMILES string of the molecule is Cc1ccc(Nc2nccc(C(=O)NCc3cccnc3)n2)c(C)c1. The molecule has 0 aliphatic heterocycles. The van der Waals surface area contributed by atoms with Crippen LogP contribution >= 0.6 is 0 Å². The lowest BCUT2D eigenvalue weighted by atomic mass is 10.1. The van der Waals surface area contributed by atoms with E-state index in [0.717, 1.165) is 16.8 Å². The molecule has 25 heavy (non-hydrogen) atoms. The van der Waals surface area contributed by atoms with Crippen LogP contribution in [0.25, 0.3) is 0 Å². The number of aromatic nitrogens is 3. The first kappa shape index (κ1) is 16.6. The van der Waals surface area contributed by atoms with E-state index in [1.165, 1.54) is 5.56 Å². The average Bonchev–Trinajstić information content (AvgIpc) is 2.63. The number of benzene rings is 1. The van der Waals surface area contributed by atoms with Gasteiger partial charge in [0.2, 0.25) is 5.95 Å². The molecule has 0 spiro atoms. The highest BCUT2D eigenvalue weighted by Crippen LogP contribution is 2.19. The van der Waals surface area contributed by atoms with Gasteiger partial charge in [0.25, 0.3) is 5.91 Å². The molecule has 3 rings (SSSR count). The molecular weight excluding hydrogens is 314 g/mol. The molecule has 0 aliphatic rings. The van der Waals surface area contributed by atoms with Crippen molar-refractivity contribution in [2.24, 2.45) is 0 Å². The number of nitrogens with one attached hydrogen (secondary N) is 2. The number of pyridine rings is 1. The number of anilines is 2. The molecule has 1 aromatic carbocycles. The van der Waals surface area contributed by atoms with Crippen LogP contribution in [0.4, 0.5) is 11.6 Å². The van der Waals surface area contributed by atoms with E-state index in [1.807, 2.05) is 38.1 Å². The van der Waals surface area contributed by atoms with Gasteiger partial charge in [0.15, 0.2) is 0 Å². The number of rotatable bonds is 5. The van der Waals surface area contributed by atoms with E-state index in [1.54, 1.807) is 24.7 Å². The van der Waals surface area contributed by atoms with Crippen molar-refractivity contribution in [1.29, 1.82) is 0 Å². The maximum Gasteiger partial charge on any atom is 0.270 e. The van der Waals surface area contributed by atoms with Gasteiger partial charge < -0.3 is 10.6 Å². The van der Waals surface area contributed by atoms with Crippen LogP contribution in [0.1, 0.15) is 27.2 Å². The number of hydrogen-bond donors (Lipinski definition) is 2. The molecular formula is C19H19N5O. The Morgan fingerprint density at radius 2 is 2.00 bits per heavy atom. The highest BCUT2D eigenvalue weighted by atomic mass is 16.1. The quantitative estimate of drug-likeness (QED) is 0.750. The Labute approximate surface area is 146 Å². The van der Waals surface area contributed by atoms with Crippen LogP contribution in [0.2, 0.25) is 0 Å². The van der Waals surface area contributed by atoms with Crippen LogP contribution in [0.5, 0.6) is 0 Å². The van der Waals surface area contributed by atoms with Crippen LogP contribution in [-0.4, -0.2) is 20.9 Å². The third-order valence-corrected chi connectivity index (χ3v) is 3.69. The normalized spacial score (nSPS) is 10.3. The van der Waals surface area contributed by atoms with E-state index >= 15 is 0 Å².